The fourth-order valence-electron chi connectivity index (χ4n) is 2.63. The van der Waals surface area contributed by atoms with Crippen LogP contribution in [0.25, 0.3) is 0 Å². The summed E-state index contributed by atoms with van der Waals surface area (Å²) in [5.74, 6) is 2.39. The van der Waals surface area contributed by atoms with Crippen molar-refractivity contribution in [2.24, 2.45) is 4.99 Å². The molecule has 2 aromatic carbocycles. The minimum atomic E-state index is 0.672. The summed E-state index contributed by atoms with van der Waals surface area (Å²) in [5.41, 5.74) is 2.44. The maximum atomic E-state index is 5.36. The molecule has 0 amide bonds. The third-order valence-corrected chi connectivity index (χ3v) is 3.99. The largest absolute Gasteiger partial charge is 0.493 e. The molecule has 5 heteroatoms. The summed E-state index contributed by atoms with van der Waals surface area (Å²) < 4.78 is 10.6. The zero-order chi connectivity index (χ0) is 18.6. The molecule has 0 aliphatic rings. The van der Waals surface area contributed by atoms with E-state index in [0.717, 1.165) is 43.4 Å². The first-order valence-electron chi connectivity index (χ1n) is 9.03. The van der Waals surface area contributed by atoms with Crippen molar-refractivity contribution in [3.05, 3.63) is 59.7 Å². The first kappa shape index (κ1) is 19.6. The Bertz CT molecular complexity index is 687. The molecule has 26 heavy (non-hydrogen) atoms. The Morgan fingerprint density at radius 3 is 2.38 bits per heavy atom. The summed E-state index contributed by atoms with van der Waals surface area (Å²) in [4.78, 5) is 4.64. The van der Waals surface area contributed by atoms with Gasteiger partial charge in [0.25, 0.3) is 0 Å². The van der Waals surface area contributed by atoms with Crippen molar-refractivity contribution < 1.29 is 9.47 Å². The molecule has 0 aliphatic heterocycles. The number of benzene rings is 2. The average molecular weight is 355 g/mol. The van der Waals surface area contributed by atoms with Crippen LogP contribution in [0, 0.1) is 0 Å². The highest BCUT2D eigenvalue weighted by atomic mass is 16.5. The second kappa shape index (κ2) is 11.0. The summed E-state index contributed by atoms with van der Waals surface area (Å²) in [5, 5.41) is 6.68. The molecule has 2 N–H and O–H groups in total. The highest BCUT2D eigenvalue weighted by Crippen LogP contribution is 2.27. The molecule has 0 fully saturated rings. The van der Waals surface area contributed by atoms with E-state index in [9.17, 15) is 0 Å². The first-order chi connectivity index (χ1) is 12.8. The second-order valence-corrected chi connectivity index (χ2v) is 5.90. The van der Waals surface area contributed by atoms with Crippen LogP contribution in [0.4, 0.5) is 0 Å². The van der Waals surface area contributed by atoms with Crippen LogP contribution in [0.5, 0.6) is 11.5 Å². The lowest BCUT2D eigenvalue weighted by molar-refractivity contribution is 0.354. The third-order valence-electron chi connectivity index (χ3n) is 3.99. The molecule has 0 unspecified atom stereocenters. The van der Waals surface area contributed by atoms with Crippen LogP contribution >= 0.6 is 0 Å². The number of rotatable bonds is 9. The monoisotopic (exact) mass is 355 g/mol. The van der Waals surface area contributed by atoms with Crippen LogP contribution in [-0.4, -0.2) is 33.3 Å². The Kier molecular flexibility index (Phi) is 8.33. The van der Waals surface area contributed by atoms with Crippen LogP contribution in [0.1, 0.15) is 24.5 Å². The molecule has 0 heterocycles. The van der Waals surface area contributed by atoms with Gasteiger partial charge in [-0.15, -0.1) is 0 Å². The van der Waals surface area contributed by atoms with Gasteiger partial charge in [0.05, 0.1) is 20.8 Å². The van der Waals surface area contributed by atoms with Crippen LogP contribution in [-0.2, 0) is 13.0 Å². The number of guanidine groups is 1. The Morgan fingerprint density at radius 1 is 0.923 bits per heavy atom. The summed E-state index contributed by atoms with van der Waals surface area (Å²) in [7, 11) is 3.31. The molecule has 0 spiro atoms. The Hall–Kier alpha value is -2.69. The number of aryl methyl sites for hydroxylation is 1. The topological polar surface area (TPSA) is 54.9 Å². The number of nitrogens with one attached hydrogen (secondary N) is 2. The van der Waals surface area contributed by atoms with E-state index >= 15 is 0 Å². The second-order valence-electron chi connectivity index (χ2n) is 5.90. The molecule has 5 nitrogen and oxygen atoms in total. The highest BCUT2D eigenvalue weighted by Gasteiger charge is 2.04. The fraction of sp³-hybridized carbons (Fsp3) is 0.381. The van der Waals surface area contributed by atoms with E-state index < -0.39 is 0 Å². The predicted molar refractivity (Wildman–Crippen MR) is 107 cm³/mol. The fourth-order valence-corrected chi connectivity index (χ4v) is 2.63. The molecule has 140 valence electrons. The van der Waals surface area contributed by atoms with E-state index in [1.54, 1.807) is 14.2 Å². The molecule has 0 saturated heterocycles. The zero-order valence-corrected chi connectivity index (χ0v) is 15.9. The maximum Gasteiger partial charge on any atom is 0.191 e. The van der Waals surface area contributed by atoms with Gasteiger partial charge in [-0.2, -0.15) is 0 Å². The van der Waals surface area contributed by atoms with E-state index in [0.29, 0.717) is 6.54 Å². The number of hydrogen-bond donors (Lipinski definition) is 2. The van der Waals surface area contributed by atoms with E-state index in [1.165, 1.54) is 11.1 Å². The van der Waals surface area contributed by atoms with Gasteiger partial charge in [0.1, 0.15) is 0 Å². The van der Waals surface area contributed by atoms with Gasteiger partial charge in [0.2, 0.25) is 0 Å². The molecular formula is C21H29N3O2. The minimum absolute atomic E-state index is 0.672. The standard InChI is InChI=1S/C21H29N3O2/c1-4-22-21(24-16-18-9-6-5-7-10-18)23-14-8-11-17-12-13-19(25-2)20(15-17)26-3/h5-7,9-10,12-13,15H,4,8,11,14,16H2,1-3H3,(H2,22,23,24). The van der Waals surface area contributed by atoms with Gasteiger partial charge in [-0.25, -0.2) is 4.99 Å². The number of hydrogen-bond acceptors (Lipinski definition) is 3. The maximum absolute atomic E-state index is 5.36. The van der Waals surface area contributed by atoms with Crippen molar-refractivity contribution in [1.82, 2.24) is 10.6 Å². The van der Waals surface area contributed by atoms with E-state index in [2.05, 4.69) is 40.7 Å². The number of ether oxygens (including phenoxy) is 2. The number of methoxy groups -OCH3 is 2. The van der Waals surface area contributed by atoms with Gasteiger partial charge in [-0.3, -0.25) is 0 Å². The average Bonchev–Trinajstić information content (AvgIpc) is 2.69. The number of nitrogens with zero attached hydrogens (tertiary/aromatic N) is 1. The van der Waals surface area contributed by atoms with Crippen molar-refractivity contribution in [3.63, 3.8) is 0 Å². The van der Waals surface area contributed by atoms with Crippen LogP contribution < -0.4 is 20.1 Å². The van der Waals surface area contributed by atoms with Gasteiger partial charge >= 0.3 is 0 Å². The van der Waals surface area contributed by atoms with E-state index in [4.69, 9.17) is 9.47 Å². The van der Waals surface area contributed by atoms with Gasteiger partial charge in [-0.05, 0) is 43.0 Å². The van der Waals surface area contributed by atoms with Crippen molar-refractivity contribution in [2.75, 3.05) is 27.3 Å². The summed E-state index contributed by atoms with van der Waals surface area (Å²) in [6.07, 6.45) is 1.97. The van der Waals surface area contributed by atoms with Gasteiger partial charge in [0.15, 0.2) is 17.5 Å². The molecular weight excluding hydrogens is 326 g/mol. The van der Waals surface area contributed by atoms with Crippen molar-refractivity contribution in [1.29, 1.82) is 0 Å². The van der Waals surface area contributed by atoms with Crippen LogP contribution in [0.3, 0.4) is 0 Å². The Balaban J connectivity index is 1.82. The Labute approximate surface area is 156 Å². The molecule has 0 atom stereocenters. The molecule has 0 bridgehead atoms. The third kappa shape index (κ3) is 6.31. The quantitative estimate of drug-likeness (QED) is 0.411. The van der Waals surface area contributed by atoms with Gasteiger partial charge in [0, 0.05) is 13.1 Å². The summed E-state index contributed by atoms with van der Waals surface area (Å²) in [6.45, 7) is 4.44. The molecule has 0 aromatic heterocycles. The molecule has 2 aromatic rings. The van der Waals surface area contributed by atoms with Crippen LogP contribution in [0.2, 0.25) is 0 Å². The van der Waals surface area contributed by atoms with E-state index in [1.807, 2.05) is 30.3 Å². The van der Waals surface area contributed by atoms with E-state index in [-0.39, 0.29) is 0 Å². The summed E-state index contributed by atoms with van der Waals surface area (Å²) in [6, 6.07) is 16.3. The summed E-state index contributed by atoms with van der Waals surface area (Å²) >= 11 is 0. The SMILES string of the molecule is CCNC(=NCc1ccccc1)NCCCc1ccc(OC)c(OC)c1. The lowest BCUT2D eigenvalue weighted by Gasteiger charge is -2.12. The Morgan fingerprint density at radius 2 is 1.69 bits per heavy atom. The highest BCUT2D eigenvalue weighted by molar-refractivity contribution is 5.79. The molecule has 0 radical (unpaired) electrons. The van der Waals surface area contributed by atoms with Crippen LogP contribution in [0.15, 0.2) is 53.5 Å². The van der Waals surface area contributed by atoms with Crippen molar-refractivity contribution in [2.45, 2.75) is 26.3 Å². The van der Waals surface area contributed by atoms with Crippen molar-refractivity contribution >= 4 is 5.96 Å². The minimum Gasteiger partial charge on any atom is -0.493 e. The number of aliphatic imine (C=N–C) groups is 1. The smallest absolute Gasteiger partial charge is 0.191 e. The lowest BCUT2D eigenvalue weighted by Crippen LogP contribution is -2.37. The first-order valence-corrected chi connectivity index (χ1v) is 9.03. The zero-order valence-electron chi connectivity index (χ0n) is 15.9. The predicted octanol–water partition coefficient (Wildman–Crippen LogP) is 3.39. The molecule has 0 aliphatic carbocycles. The molecule has 0 saturated carbocycles. The van der Waals surface area contributed by atoms with Crippen molar-refractivity contribution in [3.8, 4) is 11.5 Å². The van der Waals surface area contributed by atoms with Gasteiger partial charge in [-0.1, -0.05) is 36.4 Å². The lowest BCUT2D eigenvalue weighted by atomic mass is 10.1. The molecule has 2 rings (SSSR count). The van der Waals surface area contributed by atoms with Gasteiger partial charge < -0.3 is 20.1 Å². The normalized spacial score (nSPS) is 11.1.